The lowest BCUT2D eigenvalue weighted by atomic mass is 10.1. The third kappa shape index (κ3) is 4.15. The van der Waals surface area contributed by atoms with Crippen LogP contribution in [-0.2, 0) is 16.1 Å². The van der Waals surface area contributed by atoms with Crippen LogP contribution in [0.1, 0.15) is 5.56 Å². The summed E-state index contributed by atoms with van der Waals surface area (Å²) in [4.78, 5) is 27.9. The standard InChI is InChI=1S/C19H20ClN3O3/c1-22(10-13-6-8-14(20)9-7-13)12-18(24)23-11-17(19(21)25)26-16-5-3-2-4-15(16)23/h2-9,17H,10-12H2,1H3,(H2,21,25)/t17-/m1/s1. The molecule has 0 fully saturated rings. The van der Waals surface area contributed by atoms with Gasteiger partial charge in [-0.1, -0.05) is 35.9 Å². The molecule has 0 saturated heterocycles. The highest BCUT2D eigenvalue weighted by atomic mass is 35.5. The van der Waals surface area contributed by atoms with Crippen LogP contribution in [0.2, 0.25) is 5.02 Å². The molecule has 0 aromatic heterocycles. The number of likely N-dealkylation sites (N-methyl/N-ethyl adjacent to an activating group) is 1. The Bertz CT molecular complexity index is 810. The van der Waals surface area contributed by atoms with Crippen LogP contribution < -0.4 is 15.4 Å². The number of amides is 2. The SMILES string of the molecule is CN(CC(=O)N1C[C@H](C(N)=O)Oc2ccccc21)Cc1ccc(Cl)cc1. The summed E-state index contributed by atoms with van der Waals surface area (Å²) in [5.74, 6) is -0.230. The molecular formula is C19H20ClN3O3. The van der Waals surface area contributed by atoms with E-state index >= 15 is 0 Å². The first-order valence-electron chi connectivity index (χ1n) is 8.22. The molecule has 1 aliphatic heterocycles. The monoisotopic (exact) mass is 373 g/mol. The van der Waals surface area contributed by atoms with E-state index in [9.17, 15) is 9.59 Å². The van der Waals surface area contributed by atoms with E-state index < -0.39 is 12.0 Å². The zero-order valence-corrected chi connectivity index (χ0v) is 15.1. The Morgan fingerprint density at radius 3 is 2.62 bits per heavy atom. The van der Waals surface area contributed by atoms with Gasteiger partial charge in [0.2, 0.25) is 5.91 Å². The molecule has 26 heavy (non-hydrogen) atoms. The molecule has 6 nitrogen and oxygen atoms in total. The van der Waals surface area contributed by atoms with Gasteiger partial charge >= 0.3 is 0 Å². The zero-order valence-electron chi connectivity index (χ0n) is 14.4. The quantitative estimate of drug-likeness (QED) is 0.870. The minimum atomic E-state index is -0.851. The number of halogens is 1. The van der Waals surface area contributed by atoms with E-state index in [4.69, 9.17) is 22.1 Å². The number of carbonyl (C=O) groups is 2. The summed E-state index contributed by atoms with van der Waals surface area (Å²) in [5, 5.41) is 0.676. The molecular weight excluding hydrogens is 354 g/mol. The van der Waals surface area contributed by atoms with Crippen molar-refractivity contribution in [1.29, 1.82) is 0 Å². The van der Waals surface area contributed by atoms with Gasteiger partial charge in [-0.05, 0) is 36.9 Å². The van der Waals surface area contributed by atoms with Gasteiger partial charge in [0.1, 0.15) is 5.75 Å². The largest absolute Gasteiger partial charge is 0.477 e. The minimum Gasteiger partial charge on any atom is -0.477 e. The molecule has 3 rings (SSSR count). The molecule has 1 atom stereocenters. The van der Waals surface area contributed by atoms with Crippen molar-refractivity contribution < 1.29 is 14.3 Å². The molecule has 0 saturated carbocycles. The fourth-order valence-corrected chi connectivity index (χ4v) is 3.02. The lowest BCUT2D eigenvalue weighted by Gasteiger charge is -2.34. The molecule has 0 aliphatic carbocycles. The number of benzene rings is 2. The third-order valence-corrected chi connectivity index (χ3v) is 4.41. The van der Waals surface area contributed by atoms with Gasteiger partial charge in [0, 0.05) is 11.6 Å². The lowest BCUT2D eigenvalue weighted by Crippen LogP contribution is -2.51. The number of hydrogen-bond donors (Lipinski definition) is 1. The number of anilines is 1. The average molecular weight is 374 g/mol. The highest BCUT2D eigenvalue weighted by Crippen LogP contribution is 2.33. The predicted molar refractivity (Wildman–Crippen MR) is 100 cm³/mol. The Labute approximate surface area is 157 Å². The van der Waals surface area contributed by atoms with Crippen LogP contribution in [0.15, 0.2) is 48.5 Å². The third-order valence-electron chi connectivity index (χ3n) is 4.16. The highest BCUT2D eigenvalue weighted by molar-refractivity contribution is 6.30. The number of para-hydroxylation sites is 2. The van der Waals surface area contributed by atoms with Gasteiger partial charge < -0.3 is 15.4 Å². The van der Waals surface area contributed by atoms with Gasteiger partial charge in [-0.25, -0.2) is 0 Å². The van der Waals surface area contributed by atoms with Crippen molar-refractivity contribution in [2.24, 2.45) is 5.73 Å². The molecule has 2 aromatic rings. The van der Waals surface area contributed by atoms with Gasteiger partial charge in [0.15, 0.2) is 6.10 Å². The normalized spacial score (nSPS) is 16.1. The van der Waals surface area contributed by atoms with Crippen molar-refractivity contribution in [2.75, 3.05) is 25.0 Å². The second-order valence-corrected chi connectivity index (χ2v) is 6.72. The molecule has 2 amide bonds. The Morgan fingerprint density at radius 1 is 1.23 bits per heavy atom. The number of rotatable bonds is 5. The summed E-state index contributed by atoms with van der Waals surface area (Å²) in [7, 11) is 1.87. The van der Waals surface area contributed by atoms with Crippen molar-refractivity contribution in [3.05, 3.63) is 59.1 Å². The summed E-state index contributed by atoms with van der Waals surface area (Å²) in [5.41, 5.74) is 7.08. The average Bonchev–Trinajstić information content (AvgIpc) is 2.62. The van der Waals surface area contributed by atoms with Crippen LogP contribution in [0.5, 0.6) is 5.75 Å². The summed E-state index contributed by atoms with van der Waals surface area (Å²) in [6, 6.07) is 14.6. The number of nitrogens with two attached hydrogens (primary N) is 1. The van der Waals surface area contributed by atoms with Crippen molar-refractivity contribution in [2.45, 2.75) is 12.6 Å². The molecule has 7 heteroatoms. The molecule has 0 unspecified atom stereocenters. The van der Waals surface area contributed by atoms with Crippen LogP contribution in [0.4, 0.5) is 5.69 Å². The van der Waals surface area contributed by atoms with Gasteiger partial charge in [-0.2, -0.15) is 0 Å². The van der Waals surface area contributed by atoms with Crippen molar-refractivity contribution in [3.8, 4) is 5.75 Å². The maximum atomic E-state index is 12.8. The van der Waals surface area contributed by atoms with E-state index in [-0.39, 0.29) is 19.0 Å². The molecule has 1 aliphatic rings. The number of nitrogens with zero attached hydrogens (tertiary/aromatic N) is 2. The summed E-state index contributed by atoms with van der Waals surface area (Å²) < 4.78 is 5.59. The second kappa shape index (κ2) is 7.76. The van der Waals surface area contributed by atoms with Crippen LogP contribution in [0.3, 0.4) is 0 Å². The van der Waals surface area contributed by atoms with E-state index in [2.05, 4.69) is 0 Å². The topological polar surface area (TPSA) is 75.9 Å². The van der Waals surface area contributed by atoms with Crippen molar-refractivity contribution in [1.82, 2.24) is 4.90 Å². The van der Waals surface area contributed by atoms with Crippen molar-refractivity contribution >= 4 is 29.1 Å². The van der Waals surface area contributed by atoms with Crippen LogP contribution in [0.25, 0.3) is 0 Å². The molecule has 0 spiro atoms. The molecule has 2 aromatic carbocycles. The maximum absolute atomic E-state index is 12.8. The number of ether oxygens (including phenoxy) is 1. The van der Waals surface area contributed by atoms with E-state index in [0.717, 1.165) is 5.56 Å². The Kier molecular flexibility index (Phi) is 5.44. The zero-order chi connectivity index (χ0) is 18.7. The van der Waals surface area contributed by atoms with E-state index in [1.54, 1.807) is 23.1 Å². The fourth-order valence-electron chi connectivity index (χ4n) is 2.89. The van der Waals surface area contributed by atoms with E-state index in [0.29, 0.717) is 23.0 Å². The first kappa shape index (κ1) is 18.2. The molecule has 0 bridgehead atoms. The first-order chi connectivity index (χ1) is 12.4. The molecule has 136 valence electrons. The highest BCUT2D eigenvalue weighted by Gasteiger charge is 2.32. The van der Waals surface area contributed by atoms with E-state index in [1.165, 1.54) is 0 Å². The number of primary amides is 1. The van der Waals surface area contributed by atoms with Gasteiger partial charge in [-0.15, -0.1) is 0 Å². The van der Waals surface area contributed by atoms with Gasteiger partial charge in [-0.3, -0.25) is 14.5 Å². The van der Waals surface area contributed by atoms with Gasteiger partial charge in [0.25, 0.3) is 5.91 Å². The van der Waals surface area contributed by atoms with Gasteiger partial charge in [0.05, 0.1) is 18.8 Å². The van der Waals surface area contributed by atoms with Crippen molar-refractivity contribution in [3.63, 3.8) is 0 Å². The maximum Gasteiger partial charge on any atom is 0.260 e. The van der Waals surface area contributed by atoms with Crippen LogP contribution in [-0.4, -0.2) is 43.0 Å². The van der Waals surface area contributed by atoms with Crippen LogP contribution in [0, 0.1) is 0 Å². The van der Waals surface area contributed by atoms with Crippen LogP contribution >= 0.6 is 11.6 Å². The number of fused-ring (bicyclic) bond motifs is 1. The summed E-state index contributed by atoms with van der Waals surface area (Å²) in [6.07, 6.45) is -0.851. The number of carbonyl (C=O) groups excluding carboxylic acids is 2. The minimum absolute atomic E-state index is 0.111. The summed E-state index contributed by atoms with van der Waals surface area (Å²) >= 11 is 5.90. The first-order valence-corrected chi connectivity index (χ1v) is 8.60. The summed E-state index contributed by atoms with van der Waals surface area (Å²) in [6.45, 7) is 0.913. The lowest BCUT2D eigenvalue weighted by molar-refractivity contribution is -0.125. The Morgan fingerprint density at radius 2 is 1.92 bits per heavy atom. The predicted octanol–water partition coefficient (Wildman–Crippen LogP) is 2.05. The second-order valence-electron chi connectivity index (χ2n) is 6.28. The molecule has 1 heterocycles. The van der Waals surface area contributed by atoms with E-state index in [1.807, 2.05) is 42.3 Å². The Balaban J connectivity index is 1.71. The fraction of sp³-hybridized carbons (Fsp3) is 0.263. The Hall–Kier alpha value is -2.57. The smallest absolute Gasteiger partial charge is 0.260 e. The molecule has 2 N–H and O–H groups in total. The molecule has 0 radical (unpaired) electrons. The number of hydrogen-bond acceptors (Lipinski definition) is 4.